The van der Waals surface area contributed by atoms with Crippen molar-refractivity contribution in [3.8, 4) is 0 Å². The Hall–Kier alpha value is -1.08. The van der Waals surface area contributed by atoms with Crippen LogP contribution in [0, 0.1) is 0 Å². The third-order valence-corrected chi connectivity index (χ3v) is 4.34. The van der Waals surface area contributed by atoms with E-state index in [1.807, 2.05) is 0 Å². The zero-order valence-corrected chi connectivity index (χ0v) is 14.4. The van der Waals surface area contributed by atoms with Gasteiger partial charge in [-0.25, -0.2) is 9.59 Å². The topological polar surface area (TPSA) is 92.9 Å². The number of carboxylic acids is 1. The molecule has 0 rings (SSSR count). The van der Waals surface area contributed by atoms with Crippen LogP contribution in [0.25, 0.3) is 0 Å². The first-order valence-corrected chi connectivity index (χ1v) is 10.5. The molecule has 0 heterocycles. The molecule has 1 amide bonds. The van der Waals surface area contributed by atoms with Crippen LogP contribution in [0.4, 0.5) is 4.79 Å². The third kappa shape index (κ3) is 7.49. The van der Waals surface area contributed by atoms with Crippen molar-refractivity contribution >= 4 is 20.1 Å². The summed E-state index contributed by atoms with van der Waals surface area (Å²) in [4.78, 5) is 24.7. The van der Waals surface area contributed by atoms with E-state index < -0.39 is 31.8 Å². The molecule has 0 aliphatic rings. The second-order valence-corrected chi connectivity index (χ2v) is 12.7. The minimum absolute atomic E-state index is 0.125. The summed E-state index contributed by atoms with van der Waals surface area (Å²) in [6, 6.07) is -0.239. The summed E-state index contributed by atoms with van der Waals surface area (Å²) in [5, 5.41) is 9.20. The molecular formula is C13H28N2O4Si. The highest BCUT2D eigenvalue weighted by Crippen LogP contribution is 2.16. The standard InChI is InChI=1S/C13H28N2O4Si/c1-13(2,3)19-12(18)15(7-8-20(4,5)6)10(9-14)11(16)17/h10H,7-9,14H2,1-6H3,(H,16,17). The highest BCUT2D eigenvalue weighted by Gasteiger charge is 2.32. The highest BCUT2D eigenvalue weighted by molar-refractivity contribution is 6.76. The summed E-state index contributed by atoms with van der Waals surface area (Å²) in [6.07, 6.45) is -0.617. The Bertz CT molecular complexity index is 347. The van der Waals surface area contributed by atoms with Crippen molar-refractivity contribution in [1.82, 2.24) is 4.90 Å². The molecule has 0 saturated carbocycles. The van der Waals surface area contributed by atoms with Crippen LogP contribution < -0.4 is 5.73 Å². The molecule has 6 nitrogen and oxygen atoms in total. The van der Waals surface area contributed by atoms with Crippen LogP contribution in [0.1, 0.15) is 20.8 Å². The zero-order chi connectivity index (χ0) is 16.1. The van der Waals surface area contributed by atoms with Crippen LogP contribution in [-0.2, 0) is 9.53 Å². The van der Waals surface area contributed by atoms with E-state index >= 15 is 0 Å². The van der Waals surface area contributed by atoms with Crippen molar-refractivity contribution in [2.45, 2.75) is 58.1 Å². The van der Waals surface area contributed by atoms with Gasteiger partial charge in [-0.15, -0.1) is 0 Å². The van der Waals surface area contributed by atoms with E-state index in [1.165, 1.54) is 4.90 Å². The summed E-state index contributed by atoms with van der Waals surface area (Å²) in [5.74, 6) is -1.10. The first-order valence-electron chi connectivity index (χ1n) is 6.80. The van der Waals surface area contributed by atoms with Gasteiger partial charge in [0.2, 0.25) is 0 Å². The first-order chi connectivity index (χ1) is 8.87. The normalized spacial score (nSPS) is 13.8. The number of rotatable bonds is 6. The maximum atomic E-state index is 12.2. The quantitative estimate of drug-likeness (QED) is 0.732. The Kier molecular flexibility index (Phi) is 6.69. The molecule has 0 radical (unpaired) electrons. The number of ether oxygens (including phenoxy) is 1. The molecule has 20 heavy (non-hydrogen) atoms. The largest absolute Gasteiger partial charge is 0.480 e. The number of amides is 1. The predicted octanol–water partition coefficient (Wildman–Crippen LogP) is 1.97. The fourth-order valence-electron chi connectivity index (χ4n) is 1.51. The molecule has 0 aromatic heterocycles. The molecule has 0 spiro atoms. The number of nitrogens with zero attached hydrogens (tertiary/aromatic N) is 1. The molecule has 0 aliphatic heterocycles. The van der Waals surface area contributed by atoms with E-state index in [0.717, 1.165) is 6.04 Å². The number of nitrogens with two attached hydrogens (primary N) is 1. The number of carboxylic acid groups (broad SMARTS) is 1. The maximum Gasteiger partial charge on any atom is 0.411 e. The molecule has 0 bridgehead atoms. The van der Waals surface area contributed by atoms with Crippen molar-refractivity contribution in [3.63, 3.8) is 0 Å². The predicted molar refractivity (Wildman–Crippen MR) is 81.6 cm³/mol. The van der Waals surface area contributed by atoms with Gasteiger partial charge in [0.05, 0.1) is 0 Å². The van der Waals surface area contributed by atoms with E-state index in [0.29, 0.717) is 6.54 Å². The van der Waals surface area contributed by atoms with Crippen molar-refractivity contribution in [2.24, 2.45) is 5.73 Å². The average Bonchev–Trinajstić information content (AvgIpc) is 2.19. The molecule has 1 unspecified atom stereocenters. The Morgan fingerprint density at radius 2 is 1.80 bits per heavy atom. The third-order valence-electron chi connectivity index (χ3n) is 2.62. The molecule has 0 aromatic carbocycles. The van der Waals surface area contributed by atoms with Crippen molar-refractivity contribution < 1.29 is 19.4 Å². The number of aliphatic carboxylic acids is 1. The van der Waals surface area contributed by atoms with Gasteiger partial charge >= 0.3 is 12.1 Å². The summed E-state index contributed by atoms with van der Waals surface area (Å²) in [7, 11) is -1.40. The Morgan fingerprint density at radius 3 is 2.10 bits per heavy atom. The molecule has 0 aliphatic carbocycles. The van der Waals surface area contributed by atoms with Crippen molar-refractivity contribution in [2.75, 3.05) is 13.1 Å². The van der Waals surface area contributed by atoms with E-state index in [1.54, 1.807) is 20.8 Å². The number of carbonyl (C=O) groups is 2. The fraction of sp³-hybridized carbons (Fsp3) is 0.846. The molecular weight excluding hydrogens is 276 g/mol. The van der Waals surface area contributed by atoms with Gasteiger partial charge in [0.15, 0.2) is 0 Å². The van der Waals surface area contributed by atoms with Gasteiger partial charge in [0, 0.05) is 21.2 Å². The van der Waals surface area contributed by atoms with Gasteiger partial charge in [-0.1, -0.05) is 19.6 Å². The van der Waals surface area contributed by atoms with Gasteiger partial charge in [0.25, 0.3) is 0 Å². The smallest absolute Gasteiger partial charge is 0.411 e. The highest BCUT2D eigenvalue weighted by atomic mass is 28.3. The lowest BCUT2D eigenvalue weighted by Gasteiger charge is -2.32. The van der Waals surface area contributed by atoms with Gasteiger partial charge in [-0.3, -0.25) is 4.90 Å². The SMILES string of the molecule is CC(C)(C)OC(=O)N(CC[Si](C)(C)C)C(CN)C(=O)O. The Labute approximate surface area is 122 Å². The second-order valence-electron chi connectivity index (χ2n) is 7.07. The molecule has 0 saturated heterocycles. The minimum Gasteiger partial charge on any atom is -0.480 e. The fourth-order valence-corrected chi connectivity index (χ4v) is 2.42. The Morgan fingerprint density at radius 1 is 1.30 bits per heavy atom. The van der Waals surface area contributed by atoms with Crippen LogP contribution in [0.2, 0.25) is 25.7 Å². The lowest BCUT2D eigenvalue weighted by molar-refractivity contribution is -0.142. The van der Waals surface area contributed by atoms with Crippen molar-refractivity contribution in [1.29, 1.82) is 0 Å². The maximum absolute atomic E-state index is 12.2. The van der Waals surface area contributed by atoms with E-state index in [-0.39, 0.29) is 6.54 Å². The molecule has 0 fully saturated rings. The number of carbonyl (C=O) groups excluding carboxylic acids is 1. The van der Waals surface area contributed by atoms with Gasteiger partial charge in [-0.2, -0.15) is 0 Å². The lowest BCUT2D eigenvalue weighted by atomic mass is 10.2. The number of hydrogen-bond acceptors (Lipinski definition) is 4. The first kappa shape index (κ1) is 18.9. The summed E-state index contributed by atoms with van der Waals surface area (Å²) in [6.45, 7) is 12.0. The minimum atomic E-state index is -1.40. The van der Waals surface area contributed by atoms with E-state index in [4.69, 9.17) is 10.5 Å². The molecule has 118 valence electrons. The molecule has 7 heteroatoms. The molecule has 1 atom stereocenters. The lowest BCUT2D eigenvalue weighted by Crippen LogP contribution is -2.52. The second kappa shape index (κ2) is 7.08. The zero-order valence-electron chi connectivity index (χ0n) is 13.4. The summed E-state index contributed by atoms with van der Waals surface area (Å²) in [5.41, 5.74) is 4.84. The van der Waals surface area contributed by atoms with Gasteiger partial charge < -0.3 is 15.6 Å². The number of hydrogen-bond donors (Lipinski definition) is 2. The van der Waals surface area contributed by atoms with E-state index in [2.05, 4.69) is 19.6 Å². The van der Waals surface area contributed by atoms with Crippen LogP contribution in [0.3, 0.4) is 0 Å². The van der Waals surface area contributed by atoms with Gasteiger partial charge in [-0.05, 0) is 26.8 Å². The van der Waals surface area contributed by atoms with Gasteiger partial charge in [0.1, 0.15) is 11.6 Å². The average molecular weight is 304 g/mol. The molecule has 3 N–H and O–H groups in total. The summed E-state index contributed by atoms with van der Waals surface area (Å²) >= 11 is 0. The van der Waals surface area contributed by atoms with Crippen LogP contribution >= 0.6 is 0 Å². The van der Waals surface area contributed by atoms with Crippen LogP contribution in [0.15, 0.2) is 0 Å². The monoisotopic (exact) mass is 304 g/mol. The van der Waals surface area contributed by atoms with Crippen molar-refractivity contribution in [3.05, 3.63) is 0 Å². The molecule has 0 aromatic rings. The van der Waals surface area contributed by atoms with Crippen LogP contribution in [0.5, 0.6) is 0 Å². The summed E-state index contributed by atoms with van der Waals surface area (Å²) < 4.78 is 5.28. The van der Waals surface area contributed by atoms with Crippen LogP contribution in [-0.4, -0.2) is 54.9 Å². The van der Waals surface area contributed by atoms with E-state index in [9.17, 15) is 14.7 Å². The Balaban J connectivity index is 5.04.